The molecular formula is C68H128N2O6P+. The molecule has 0 aliphatic carbocycles. The minimum Gasteiger partial charge on any atom is -0.387 e. The van der Waals surface area contributed by atoms with E-state index < -0.39 is 20.0 Å². The molecule has 0 aromatic carbocycles. The molecule has 0 aliphatic heterocycles. The van der Waals surface area contributed by atoms with E-state index in [0.29, 0.717) is 17.4 Å². The van der Waals surface area contributed by atoms with Gasteiger partial charge in [0.2, 0.25) is 5.91 Å². The molecule has 0 bridgehead atoms. The van der Waals surface area contributed by atoms with E-state index in [1.54, 1.807) is 6.08 Å². The largest absolute Gasteiger partial charge is 0.472 e. The third-order valence-electron chi connectivity index (χ3n) is 14.6. The van der Waals surface area contributed by atoms with Crippen molar-refractivity contribution >= 4 is 13.7 Å². The first-order valence-electron chi connectivity index (χ1n) is 32.8. The molecule has 3 N–H and O–H groups in total. The van der Waals surface area contributed by atoms with Crippen molar-refractivity contribution in [3.8, 4) is 0 Å². The molecule has 0 saturated carbocycles. The lowest BCUT2D eigenvalue weighted by atomic mass is 10.0. The van der Waals surface area contributed by atoms with Gasteiger partial charge in [-0.25, -0.2) is 4.57 Å². The molecule has 8 nitrogen and oxygen atoms in total. The first-order valence-corrected chi connectivity index (χ1v) is 34.3. The van der Waals surface area contributed by atoms with E-state index in [1.165, 1.54) is 225 Å². The van der Waals surface area contributed by atoms with Crippen molar-refractivity contribution in [3.05, 3.63) is 72.9 Å². The second-order valence-electron chi connectivity index (χ2n) is 23.5. The topological polar surface area (TPSA) is 105 Å². The number of likely N-dealkylation sites (N-methyl/N-ethyl adjacent to an activating group) is 1. The van der Waals surface area contributed by atoms with Gasteiger partial charge in [0, 0.05) is 6.42 Å². The first-order chi connectivity index (χ1) is 37.5. The number of nitrogens with one attached hydrogen (secondary N) is 1. The number of aliphatic hydroxyl groups is 1. The summed E-state index contributed by atoms with van der Waals surface area (Å²) in [6, 6.07) is -0.873. The van der Waals surface area contributed by atoms with Gasteiger partial charge in [0.25, 0.3) is 0 Å². The number of rotatable bonds is 60. The maximum Gasteiger partial charge on any atom is 0.472 e. The molecule has 77 heavy (non-hydrogen) atoms. The van der Waals surface area contributed by atoms with Crippen LogP contribution in [-0.4, -0.2) is 73.4 Å². The molecule has 0 aromatic heterocycles. The highest BCUT2D eigenvalue weighted by molar-refractivity contribution is 7.47. The molecule has 0 aliphatic rings. The zero-order chi connectivity index (χ0) is 56.3. The molecule has 0 aromatic rings. The van der Waals surface area contributed by atoms with Gasteiger partial charge in [0.15, 0.2) is 0 Å². The number of carbonyl (C=O) groups is 1. The number of quaternary nitrogens is 1. The molecule has 0 rings (SSSR count). The Bertz CT molecular complexity index is 1480. The van der Waals surface area contributed by atoms with Gasteiger partial charge in [-0.3, -0.25) is 13.8 Å². The van der Waals surface area contributed by atoms with Crippen molar-refractivity contribution in [1.82, 2.24) is 5.32 Å². The summed E-state index contributed by atoms with van der Waals surface area (Å²) in [5.41, 5.74) is 0. The molecule has 9 heteroatoms. The number of carbonyl (C=O) groups excluding carboxylic acids is 1. The summed E-state index contributed by atoms with van der Waals surface area (Å²) in [4.78, 5) is 23.4. The van der Waals surface area contributed by atoms with E-state index in [0.717, 1.165) is 57.8 Å². The quantitative estimate of drug-likeness (QED) is 0.0243. The lowest BCUT2D eigenvalue weighted by Gasteiger charge is -2.25. The Kier molecular flexibility index (Phi) is 57.0. The molecular weight excluding hydrogens is 972 g/mol. The number of hydrogen-bond donors (Lipinski definition) is 3. The van der Waals surface area contributed by atoms with E-state index in [-0.39, 0.29) is 19.1 Å². The minimum absolute atomic E-state index is 0.0524. The Balaban J connectivity index is 4.13. The summed E-state index contributed by atoms with van der Waals surface area (Å²) >= 11 is 0. The van der Waals surface area contributed by atoms with Gasteiger partial charge in [-0.1, -0.05) is 286 Å². The van der Waals surface area contributed by atoms with Crippen molar-refractivity contribution < 1.29 is 32.9 Å². The number of phosphoric acid groups is 1. The van der Waals surface area contributed by atoms with E-state index in [9.17, 15) is 19.4 Å². The van der Waals surface area contributed by atoms with Gasteiger partial charge in [0.1, 0.15) is 13.2 Å². The molecule has 1 amide bonds. The zero-order valence-electron chi connectivity index (χ0n) is 51.4. The molecule has 0 radical (unpaired) electrons. The van der Waals surface area contributed by atoms with E-state index in [4.69, 9.17) is 9.05 Å². The van der Waals surface area contributed by atoms with Crippen molar-refractivity contribution in [1.29, 1.82) is 0 Å². The Morgan fingerprint density at radius 1 is 0.442 bits per heavy atom. The van der Waals surface area contributed by atoms with Crippen LogP contribution in [0.2, 0.25) is 0 Å². The van der Waals surface area contributed by atoms with Crippen LogP contribution in [0.25, 0.3) is 0 Å². The van der Waals surface area contributed by atoms with Gasteiger partial charge in [-0.2, -0.15) is 0 Å². The number of hydrogen-bond acceptors (Lipinski definition) is 5. The maximum absolute atomic E-state index is 13.0. The van der Waals surface area contributed by atoms with Crippen molar-refractivity contribution in [3.63, 3.8) is 0 Å². The predicted molar refractivity (Wildman–Crippen MR) is 337 cm³/mol. The zero-order valence-corrected chi connectivity index (χ0v) is 52.3. The lowest BCUT2D eigenvalue weighted by Crippen LogP contribution is -2.45. The lowest BCUT2D eigenvalue weighted by molar-refractivity contribution is -0.870. The van der Waals surface area contributed by atoms with Crippen LogP contribution in [0.1, 0.15) is 303 Å². The third-order valence-corrected chi connectivity index (χ3v) is 15.6. The summed E-state index contributed by atoms with van der Waals surface area (Å²) in [7, 11) is 1.55. The highest BCUT2D eigenvalue weighted by atomic mass is 31.2. The van der Waals surface area contributed by atoms with E-state index >= 15 is 0 Å². The minimum atomic E-state index is -4.36. The normalized spacial score (nSPS) is 14.2. The molecule has 3 unspecified atom stereocenters. The fourth-order valence-electron chi connectivity index (χ4n) is 9.50. The summed E-state index contributed by atoms with van der Waals surface area (Å²) in [5.74, 6) is -0.188. The van der Waals surface area contributed by atoms with Crippen LogP contribution in [0.5, 0.6) is 0 Å². The second kappa shape index (κ2) is 58.6. The van der Waals surface area contributed by atoms with Crippen LogP contribution >= 0.6 is 7.82 Å². The van der Waals surface area contributed by atoms with Crippen LogP contribution in [0.4, 0.5) is 0 Å². The molecule has 0 spiro atoms. The number of allylic oxidation sites excluding steroid dienone is 11. The summed E-state index contributed by atoms with van der Waals surface area (Å²) in [5, 5.41) is 14.0. The maximum atomic E-state index is 13.0. The van der Waals surface area contributed by atoms with Gasteiger partial charge in [-0.05, 0) is 83.5 Å². The Morgan fingerprint density at radius 2 is 0.753 bits per heavy atom. The third kappa shape index (κ3) is 61.4. The van der Waals surface area contributed by atoms with Crippen LogP contribution in [0.3, 0.4) is 0 Å². The number of amides is 1. The van der Waals surface area contributed by atoms with Crippen LogP contribution < -0.4 is 5.32 Å². The average molecular weight is 1100 g/mol. The summed E-state index contributed by atoms with van der Waals surface area (Å²) in [6.07, 6.45) is 81.8. The number of unbranched alkanes of at least 4 members (excludes halogenated alkanes) is 37. The fraction of sp³-hybridized carbons (Fsp3) is 0.809. The monoisotopic (exact) mass is 1100 g/mol. The molecule has 450 valence electrons. The van der Waals surface area contributed by atoms with Gasteiger partial charge in [-0.15, -0.1) is 0 Å². The number of aliphatic hydroxyl groups excluding tert-OH is 1. The Hall–Kier alpha value is -2.06. The number of nitrogens with zero attached hydrogens (tertiary/aromatic N) is 1. The smallest absolute Gasteiger partial charge is 0.387 e. The first kappa shape index (κ1) is 74.9. The Labute approximate surface area is 478 Å². The summed E-state index contributed by atoms with van der Waals surface area (Å²) in [6.45, 7) is 4.80. The predicted octanol–water partition coefficient (Wildman–Crippen LogP) is 20.6. The molecule has 3 atom stereocenters. The van der Waals surface area contributed by atoms with Gasteiger partial charge < -0.3 is 19.8 Å². The second-order valence-corrected chi connectivity index (χ2v) is 24.9. The van der Waals surface area contributed by atoms with E-state index in [2.05, 4.69) is 79.9 Å². The Morgan fingerprint density at radius 3 is 1.13 bits per heavy atom. The van der Waals surface area contributed by atoms with Crippen LogP contribution in [0.15, 0.2) is 72.9 Å². The highest BCUT2D eigenvalue weighted by Crippen LogP contribution is 2.43. The standard InChI is InChI=1S/C68H127N2O6P/c1-6-8-10-12-14-16-18-20-22-24-26-28-30-31-32-33-34-35-36-37-38-39-40-42-44-46-48-50-52-54-56-58-60-62-68(72)69-66(65-76-77(73,74)75-64-63-70(3,4)5)67(71)61-59-57-55-53-51-49-47-45-43-41-29-27-25-23-21-19-17-15-13-11-9-7-2/h18,20,24,26,30-31,43,45,51,53,59,61,66-67,71H,6-17,19,21-23,25,27-29,32-42,44,46-50,52,54-58,60,62-65H2,1-5H3,(H-,69,72,73,74)/p+1/b20-18-,26-24-,31-30-,45-43+,53-51+,61-59+. The SMILES string of the molecule is CCCCCCC/C=C\C/C=C\C/C=C\CCCCCCCCCCCCCCCCCCCCC(=O)NC(COP(=O)(O)OCC[N+](C)(C)C)C(O)/C=C/CC/C=C/CC/C=C/CCCCCCCCCCCCCC. The van der Waals surface area contributed by atoms with Crippen molar-refractivity contribution in [2.45, 2.75) is 315 Å². The fourth-order valence-corrected chi connectivity index (χ4v) is 10.2. The van der Waals surface area contributed by atoms with Gasteiger partial charge in [0.05, 0.1) is 39.9 Å². The van der Waals surface area contributed by atoms with Crippen LogP contribution in [-0.2, 0) is 18.4 Å². The number of phosphoric ester groups is 1. The van der Waals surface area contributed by atoms with Crippen LogP contribution in [0, 0.1) is 0 Å². The molecule has 0 heterocycles. The molecule has 0 fully saturated rings. The highest BCUT2D eigenvalue weighted by Gasteiger charge is 2.27. The van der Waals surface area contributed by atoms with Crippen molar-refractivity contribution in [2.75, 3.05) is 40.9 Å². The summed E-state index contributed by atoms with van der Waals surface area (Å²) < 4.78 is 23.7. The van der Waals surface area contributed by atoms with E-state index in [1.807, 2.05) is 27.2 Å². The molecule has 0 saturated heterocycles. The average Bonchev–Trinajstić information content (AvgIpc) is 3.39. The van der Waals surface area contributed by atoms with Gasteiger partial charge >= 0.3 is 7.82 Å². The van der Waals surface area contributed by atoms with Crippen molar-refractivity contribution in [2.24, 2.45) is 0 Å².